The summed E-state index contributed by atoms with van der Waals surface area (Å²) in [6.45, 7) is 3.91. The highest BCUT2D eigenvalue weighted by Gasteiger charge is 2.27. The number of ether oxygens (including phenoxy) is 4. The van der Waals surface area contributed by atoms with Crippen LogP contribution < -0.4 is 59.8 Å². The number of aliphatic hydroxyl groups excluding tert-OH is 2. The van der Waals surface area contributed by atoms with Crippen LogP contribution in [0.3, 0.4) is 0 Å². The lowest BCUT2D eigenvalue weighted by Gasteiger charge is -2.18. The standard InChI is InChI=1S/C16H19OP.2C15H17O3P.2C15H17O2P.C14H15O4P/c1-17-13-8-14-18(15-9-4-2-5-10-15)16-11-6-3-7-12-16;1-16-12-13-17-19(15-10-6-3-7-11-15)18-14-8-4-2-5-9-14;16-12-7-13-19(17-14-8-3-1-4-9-14)18-15-10-5-2-6-11-15;1-17-12-13-18(16,14-8-4-2-5-9-14)15-10-6-3-7-11-15;1-16-12-13-17-18(14-8-4-2-5-9-14)15-10-6-3-7-11-15;15-11-12-16-19(17-13-7-3-1-4-8-13)18-14-9-5-2-6-10-14/h2-7,9-12H,8,13-14H2,1H3;2-11H,12-13H2,1H3;1-6,8-11,16H,7,12-13H2;2*2-11H,12-13H2,1H3;1-10,15H,11-12H2. The fourth-order valence-corrected chi connectivity index (χ4v) is 20.1. The minimum Gasteiger partial charge on any atom is -0.444 e. The predicted octanol–water partition coefficient (Wildman–Crippen LogP) is 19.1. The van der Waals surface area contributed by atoms with E-state index in [4.69, 9.17) is 65.4 Å². The smallest absolute Gasteiger partial charge is 0.444 e. The molecule has 12 aromatic rings. The minimum atomic E-state index is -2.57. The first-order valence-electron chi connectivity index (χ1n) is 36.4. The number of rotatable bonds is 38. The van der Waals surface area contributed by atoms with Crippen molar-refractivity contribution in [1.82, 2.24) is 0 Å². The zero-order valence-corrected chi connectivity index (χ0v) is 68.8. The third kappa shape index (κ3) is 35.9. The second-order valence-corrected chi connectivity index (χ2v) is 34.6. The molecule has 0 aliphatic rings. The van der Waals surface area contributed by atoms with E-state index in [0.29, 0.717) is 63.3 Å². The summed E-state index contributed by atoms with van der Waals surface area (Å²) in [7, 11) is -0.572. The fourth-order valence-electron chi connectivity index (χ4n) is 9.90. The lowest BCUT2D eigenvalue weighted by molar-refractivity contribution is 0.149. The van der Waals surface area contributed by atoms with Gasteiger partial charge in [0.25, 0.3) is 16.8 Å². The normalized spacial score (nSPS) is 11.0. The summed E-state index contributed by atoms with van der Waals surface area (Å²) in [6.07, 6.45) is 4.22. The summed E-state index contributed by atoms with van der Waals surface area (Å²) in [4.78, 5) is 0. The third-order valence-electron chi connectivity index (χ3n) is 15.2. The first-order chi connectivity index (χ1) is 54.8. The largest absolute Gasteiger partial charge is 0.463 e. The highest BCUT2D eigenvalue weighted by molar-refractivity contribution is 7.78. The fraction of sp³-hybridized carbons (Fsp3) is 0.200. The summed E-state index contributed by atoms with van der Waals surface area (Å²) in [5.74, 6) is 3.74. The zero-order chi connectivity index (χ0) is 78.1. The SMILES string of the molecule is COCCCP(c1ccccc1)c1ccccc1.COCCOP(Oc1ccccc1)c1ccccc1.COCCOP(c1ccccc1)c1ccccc1.COCCP(=O)(c1ccccc1)c1ccccc1.OCCCP(Oc1ccccc1)Oc1ccccc1.OCCOP(Oc1ccccc1)Oc1ccccc1. The molecule has 0 bridgehead atoms. The van der Waals surface area contributed by atoms with E-state index in [9.17, 15) is 4.57 Å². The van der Waals surface area contributed by atoms with Crippen molar-refractivity contribution in [3.63, 3.8) is 0 Å². The van der Waals surface area contributed by atoms with Crippen molar-refractivity contribution in [3.8, 4) is 28.7 Å². The topological polar surface area (TPSA) is 168 Å². The molecule has 0 saturated heterocycles. The van der Waals surface area contributed by atoms with Gasteiger partial charge < -0.3 is 65.4 Å². The van der Waals surface area contributed by atoms with Crippen LogP contribution in [0.15, 0.2) is 364 Å². The molecule has 582 valence electrons. The van der Waals surface area contributed by atoms with Gasteiger partial charge in [-0.3, -0.25) is 4.52 Å². The van der Waals surface area contributed by atoms with Gasteiger partial charge in [0.15, 0.2) is 0 Å². The van der Waals surface area contributed by atoms with Crippen molar-refractivity contribution in [2.45, 2.75) is 12.8 Å². The van der Waals surface area contributed by atoms with E-state index in [1.54, 1.807) is 28.4 Å². The summed E-state index contributed by atoms with van der Waals surface area (Å²) in [6, 6.07) is 119. The summed E-state index contributed by atoms with van der Waals surface area (Å²) in [5, 5.41) is 26.0. The van der Waals surface area contributed by atoms with Crippen LogP contribution in [-0.2, 0) is 37.1 Å². The Hall–Kier alpha value is -8.34. The van der Waals surface area contributed by atoms with Gasteiger partial charge in [-0.15, -0.1) is 0 Å². The molecule has 12 aromatic carbocycles. The molecule has 21 heteroatoms. The van der Waals surface area contributed by atoms with Crippen molar-refractivity contribution in [3.05, 3.63) is 364 Å². The van der Waals surface area contributed by atoms with Gasteiger partial charge in [-0.25, -0.2) is 0 Å². The van der Waals surface area contributed by atoms with Gasteiger partial charge in [-0.1, -0.05) is 291 Å². The number of benzene rings is 12. The number of para-hydroxylation sites is 5. The van der Waals surface area contributed by atoms with Crippen LogP contribution in [0.1, 0.15) is 12.8 Å². The Morgan fingerprint density at radius 2 is 0.595 bits per heavy atom. The molecule has 2 N–H and O–H groups in total. The number of hydrogen-bond acceptors (Lipinski definition) is 15. The molecule has 1 atom stereocenters. The average molecular weight is 1610 g/mol. The minimum absolute atomic E-state index is 0.0743. The van der Waals surface area contributed by atoms with E-state index in [2.05, 4.69) is 84.9 Å². The second-order valence-electron chi connectivity index (χ2n) is 23.4. The van der Waals surface area contributed by atoms with E-state index in [0.717, 1.165) is 46.2 Å². The van der Waals surface area contributed by atoms with Gasteiger partial charge in [-0.05, 0) is 110 Å². The molecule has 111 heavy (non-hydrogen) atoms. The molecule has 1 unspecified atom stereocenters. The zero-order valence-electron chi connectivity index (χ0n) is 63.4. The highest BCUT2D eigenvalue weighted by Crippen LogP contribution is 2.45. The van der Waals surface area contributed by atoms with Gasteiger partial charge >= 0.3 is 8.60 Å². The van der Waals surface area contributed by atoms with Crippen LogP contribution in [0.4, 0.5) is 0 Å². The Morgan fingerprint density at radius 1 is 0.279 bits per heavy atom. The molecular formula is C90H102O15P6. The van der Waals surface area contributed by atoms with Crippen LogP contribution in [0, 0.1) is 0 Å². The molecule has 0 amide bonds. The maximum Gasteiger partial charge on any atom is 0.463 e. The van der Waals surface area contributed by atoms with Crippen molar-refractivity contribution in [2.75, 3.05) is 106 Å². The van der Waals surface area contributed by atoms with Crippen LogP contribution in [-0.4, -0.2) is 117 Å². The highest BCUT2D eigenvalue weighted by atomic mass is 31.2. The van der Waals surface area contributed by atoms with E-state index >= 15 is 0 Å². The van der Waals surface area contributed by atoms with Crippen molar-refractivity contribution < 1.29 is 69.9 Å². The van der Waals surface area contributed by atoms with Crippen LogP contribution in [0.25, 0.3) is 0 Å². The summed E-state index contributed by atoms with van der Waals surface area (Å²) < 4.78 is 79.7. The van der Waals surface area contributed by atoms with Crippen LogP contribution >= 0.6 is 48.6 Å². The monoisotopic (exact) mass is 1610 g/mol. The molecule has 0 heterocycles. The quantitative estimate of drug-likeness (QED) is 0.0277. The van der Waals surface area contributed by atoms with Gasteiger partial charge in [0.2, 0.25) is 0 Å². The Kier molecular flexibility index (Phi) is 46.0. The van der Waals surface area contributed by atoms with Crippen molar-refractivity contribution >= 4 is 85.7 Å². The van der Waals surface area contributed by atoms with Gasteiger partial charge in [0.05, 0.1) is 54.4 Å². The Morgan fingerprint density at radius 3 is 0.946 bits per heavy atom. The number of methoxy groups -OCH3 is 4. The lowest BCUT2D eigenvalue weighted by atomic mass is 10.3. The molecule has 0 saturated carbocycles. The maximum atomic E-state index is 13.3. The molecule has 0 aliphatic carbocycles. The average Bonchev–Trinajstić information content (AvgIpc) is 0.800. The Bertz CT molecular complexity index is 3840. The maximum absolute atomic E-state index is 13.3. The number of hydrogen-bond donors (Lipinski definition) is 2. The van der Waals surface area contributed by atoms with Crippen molar-refractivity contribution in [2.24, 2.45) is 0 Å². The van der Waals surface area contributed by atoms with Crippen LogP contribution in [0.5, 0.6) is 28.7 Å². The third-order valence-corrected chi connectivity index (χ3v) is 27.0. The van der Waals surface area contributed by atoms with Gasteiger partial charge in [0.1, 0.15) is 35.9 Å². The molecule has 12 rings (SSSR count). The molecular weight excluding hydrogens is 1510 g/mol. The summed E-state index contributed by atoms with van der Waals surface area (Å²) in [5.41, 5.74) is 0. The Labute approximate surface area is 663 Å². The number of aliphatic hydroxyl groups is 2. The molecule has 15 nitrogen and oxygen atoms in total. The van der Waals surface area contributed by atoms with Crippen molar-refractivity contribution in [1.29, 1.82) is 0 Å². The Balaban J connectivity index is 0.000000185. The molecule has 0 aliphatic heterocycles. The van der Waals surface area contributed by atoms with E-state index in [1.807, 2.05) is 279 Å². The van der Waals surface area contributed by atoms with E-state index in [-0.39, 0.29) is 27.7 Å². The second kappa shape index (κ2) is 56.8. The van der Waals surface area contributed by atoms with E-state index in [1.165, 1.54) is 27.4 Å². The molecule has 0 fully saturated rings. The van der Waals surface area contributed by atoms with E-state index < -0.39 is 40.6 Å². The molecule has 0 aromatic heterocycles. The first-order valence-corrected chi connectivity index (χ1v) is 44.7. The molecule has 0 spiro atoms. The predicted molar refractivity (Wildman–Crippen MR) is 463 cm³/mol. The summed E-state index contributed by atoms with van der Waals surface area (Å²) >= 11 is 0. The van der Waals surface area contributed by atoms with Gasteiger partial charge in [0, 0.05) is 80.5 Å². The van der Waals surface area contributed by atoms with Crippen LogP contribution in [0.2, 0.25) is 0 Å². The lowest BCUT2D eigenvalue weighted by Crippen LogP contribution is -2.20. The van der Waals surface area contributed by atoms with Gasteiger partial charge in [-0.2, -0.15) is 0 Å². The first kappa shape index (κ1) is 89.9. The molecule has 0 radical (unpaired) electrons.